The van der Waals surface area contributed by atoms with Gasteiger partial charge in [-0.05, 0) is 18.7 Å². The first kappa shape index (κ1) is 29.9. The van der Waals surface area contributed by atoms with Gasteiger partial charge in [0.15, 0.2) is 41.6 Å². The van der Waals surface area contributed by atoms with Crippen LogP contribution in [0.25, 0.3) is 22.3 Å². The van der Waals surface area contributed by atoms with Crippen LogP contribution in [0.1, 0.15) is 19.4 Å². The molecule has 18 nitrogen and oxygen atoms in total. The number of fused-ring (bicyclic) bond motifs is 2. The Hall–Kier alpha value is -3.20. The highest BCUT2D eigenvalue weighted by atomic mass is 32.5. The van der Waals surface area contributed by atoms with Gasteiger partial charge >= 0.3 is 0 Å². The van der Waals surface area contributed by atoms with E-state index in [0.29, 0.717) is 11.2 Å². The molecule has 0 spiro atoms. The molecule has 4 aromatic heterocycles. The van der Waals surface area contributed by atoms with Crippen LogP contribution in [0.4, 0.5) is 16.2 Å². The summed E-state index contributed by atoms with van der Waals surface area (Å²) in [6.45, 7) is -3.91. The van der Waals surface area contributed by atoms with E-state index in [1.165, 1.54) is 35.8 Å². The molecule has 21 heteroatoms. The molecule has 0 radical (unpaired) electrons. The lowest BCUT2D eigenvalue weighted by Crippen LogP contribution is -2.45. The van der Waals surface area contributed by atoms with E-state index in [0.717, 1.165) is 6.33 Å². The molecule has 4 aromatic rings. The number of alkyl halides is 1. The maximum atomic E-state index is 15.7. The van der Waals surface area contributed by atoms with Crippen LogP contribution in [-0.2, 0) is 30.5 Å². The van der Waals surface area contributed by atoms with Crippen LogP contribution in [0.2, 0.25) is 0 Å². The molecule has 0 aromatic carbocycles. The molecule has 1 unspecified atom stereocenters. The molecule has 2 fully saturated rings. The fourth-order valence-electron chi connectivity index (χ4n) is 5.41. The number of hydrogen-bond donors (Lipinski definition) is 6. The number of nitrogens with one attached hydrogen (secondary N) is 1. The molecule has 6 heterocycles. The van der Waals surface area contributed by atoms with Gasteiger partial charge in [-0.15, -0.1) is 0 Å². The van der Waals surface area contributed by atoms with Crippen LogP contribution in [0, 0.1) is 0 Å². The third kappa shape index (κ3) is 4.78. The Kier molecular flexibility index (Phi) is 7.47. The fraction of sp³-hybridized carbons (Fsp3) is 0.545. The van der Waals surface area contributed by atoms with Crippen molar-refractivity contribution in [2.24, 2.45) is 0 Å². The SMILES string of the molecule is CO[C@H]1[C@@H](n2cnc3c(N)ncnc32)O[C@](C)(COP(O)(=S)[C@@H]2[C@H](F)[C@@H](CO)O[C@H]2n2cnc3c(=O)[nH]c(N)nc32)[C@H]1O. The lowest BCUT2D eigenvalue weighted by molar-refractivity contribution is -0.111. The van der Waals surface area contributed by atoms with Crippen molar-refractivity contribution in [1.29, 1.82) is 0 Å². The molecule has 0 amide bonds. The van der Waals surface area contributed by atoms with E-state index < -0.39 is 73.5 Å². The number of ether oxygens (including phenoxy) is 3. The Balaban J connectivity index is 1.29. The lowest BCUT2D eigenvalue weighted by Gasteiger charge is -2.33. The number of H-pyrrole nitrogens is 1. The van der Waals surface area contributed by atoms with Crippen LogP contribution < -0.4 is 17.0 Å². The number of rotatable bonds is 8. The molecule has 2 aliphatic rings. The van der Waals surface area contributed by atoms with E-state index >= 15 is 4.39 Å². The highest BCUT2D eigenvalue weighted by Gasteiger charge is 2.57. The summed E-state index contributed by atoms with van der Waals surface area (Å²) >= 11 is 5.46. The highest BCUT2D eigenvalue weighted by Crippen LogP contribution is 2.59. The van der Waals surface area contributed by atoms with E-state index in [-0.39, 0.29) is 22.9 Å². The Morgan fingerprint density at radius 1 is 1.19 bits per heavy atom. The summed E-state index contributed by atoms with van der Waals surface area (Å²) in [6.07, 6.45) is -4.19. The van der Waals surface area contributed by atoms with Gasteiger partial charge in [0.05, 0.1) is 25.9 Å². The molecule has 6 rings (SSSR count). The smallest absolute Gasteiger partial charge is 0.280 e. The average molecular weight is 643 g/mol. The van der Waals surface area contributed by atoms with E-state index in [2.05, 4.69) is 29.9 Å². The Bertz CT molecular complexity index is 1790. The van der Waals surface area contributed by atoms with Crippen LogP contribution in [0.15, 0.2) is 23.8 Å². The van der Waals surface area contributed by atoms with Crippen molar-refractivity contribution in [2.45, 2.75) is 55.1 Å². The van der Waals surface area contributed by atoms with Gasteiger partial charge in [0, 0.05) is 7.11 Å². The van der Waals surface area contributed by atoms with Gasteiger partial charge in [-0.3, -0.25) is 18.9 Å². The average Bonchev–Trinajstić information content (AvgIpc) is 3.71. The largest absolute Gasteiger partial charge is 0.394 e. The van der Waals surface area contributed by atoms with Crippen LogP contribution in [0.5, 0.6) is 0 Å². The van der Waals surface area contributed by atoms with Gasteiger partial charge in [-0.1, -0.05) is 0 Å². The van der Waals surface area contributed by atoms with Crippen molar-refractivity contribution in [2.75, 3.05) is 31.8 Å². The Morgan fingerprint density at radius 3 is 2.58 bits per heavy atom. The standard InChI is InChI=1S/C22H28FN10O8PS/c1-22(14(35)12(38-2)19(41-22)32-6-28-10-15(24)26-5-27-16(10)32)4-39-42(37,43)13-9(23)8(3-34)40-20(13)33-7-29-11-17(33)30-21(25)31-18(11)36/h5-9,12-14,19-20,34-35H,3-4H2,1-2H3,(H,37,43)(H2,24,26,27)(H3,25,30,31,36)/t8-,9-,12-,13-,14+,19+,20-,22-,42?/m1/s1. The predicted molar refractivity (Wildman–Crippen MR) is 150 cm³/mol. The highest BCUT2D eigenvalue weighted by molar-refractivity contribution is 8.09. The Morgan fingerprint density at radius 2 is 1.88 bits per heavy atom. The summed E-state index contributed by atoms with van der Waals surface area (Å²) in [5, 5.41) is 21.0. The van der Waals surface area contributed by atoms with Crippen molar-refractivity contribution in [3.8, 4) is 0 Å². The molecular weight excluding hydrogens is 614 g/mol. The summed E-state index contributed by atoms with van der Waals surface area (Å²) in [5.41, 5.74) is 8.34. The minimum atomic E-state index is -4.18. The number of halogens is 1. The predicted octanol–water partition coefficient (Wildman–Crippen LogP) is -1.30. The number of aliphatic hydroxyl groups excluding tert-OH is 2. The van der Waals surface area contributed by atoms with Crippen LogP contribution >= 0.6 is 6.49 Å². The van der Waals surface area contributed by atoms with Crippen LogP contribution in [0.3, 0.4) is 0 Å². The van der Waals surface area contributed by atoms with Gasteiger partial charge in [-0.2, -0.15) is 4.98 Å². The minimum absolute atomic E-state index is 0.0543. The number of nitrogen functional groups attached to an aromatic ring is 2. The number of imidazole rings is 2. The van der Waals surface area contributed by atoms with Crippen molar-refractivity contribution >= 4 is 52.4 Å². The lowest BCUT2D eigenvalue weighted by atomic mass is 9.98. The van der Waals surface area contributed by atoms with Crippen molar-refractivity contribution in [3.63, 3.8) is 0 Å². The third-order valence-corrected chi connectivity index (χ3v) is 10.5. The summed E-state index contributed by atoms with van der Waals surface area (Å²) in [5.74, 6) is -0.0851. The molecule has 0 bridgehead atoms. The van der Waals surface area contributed by atoms with Gasteiger partial charge in [0.1, 0.15) is 47.6 Å². The maximum Gasteiger partial charge on any atom is 0.280 e. The topological polar surface area (TPSA) is 257 Å². The number of hydrogen-bond acceptors (Lipinski definition) is 15. The fourth-order valence-corrected chi connectivity index (χ4v) is 7.94. The molecule has 0 aliphatic carbocycles. The van der Waals surface area contributed by atoms with Crippen molar-refractivity contribution < 1.29 is 38.2 Å². The van der Waals surface area contributed by atoms with Gasteiger partial charge in [0.2, 0.25) is 5.95 Å². The number of aliphatic hydroxyl groups is 2. The monoisotopic (exact) mass is 642 g/mol. The zero-order valence-electron chi connectivity index (χ0n) is 22.6. The molecule has 0 saturated carbocycles. The number of methoxy groups -OCH3 is 1. The molecule has 43 heavy (non-hydrogen) atoms. The number of aromatic amines is 1. The minimum Gasteiger partial charge on any atom is -0.394 e. The van der Waals surface area contributed by atoms with E-state index in [9.17, 15) is 19.9 Å². The number of aromatic nitrogens is 8. The number of anilines is 2. The zero-order chi connectivity index (χ0) is 30.8. The molecule has 2 aliphatic heterocycles. The van der Waals surface area contributed by atoms with Gasteiger partial charge < -0.3 is 45.3 Å². The first-order valence-corrected chi connectivity index (χ1v) is 15.6. The zero-order valence-corrected chi connectivity index (χ0v) is 24.3. The van der Waals surface area contributed by atoms with Gasteiger partial charge in [-0.25, -0.2) is 24.3 Å². The first-order chi connectivity index (χ1) is 20.4. The van der Waals surface area contributed by atoms with E-state index in [1.807, 2.05) is 0 Å². The Labute approximate surface area is 246 Å². The van der Waals surface area contributed by atoms with E-state index in [4.69, 9.17) is 42.0 Å². The van der Waals surface area contributed by atoms with Crippen LogP contribution in [-0.4, -0.2) is 110 Å². The summed E-state index contributed by atoms with van der Waals surface area (Å²) in [7, 11) is 1.38. The molecule has 9 atom stereocenters. The summed E-state index contributed by atoms with van der Waals surface area (Å²) < 4.78 is 41.7. The normalized spacial score (nSPS) is 32.6. The molecule has 232 valence electrons. The molecular formula is C22H28FN10O8PS. The summed E-state index contributed by atoms with van der Waals surface area (Å²) in [4.78, 5) is 46.5. The number of nitrogens with two attached hydrogens (primary N) is 2. The second-order valence-electron chi connectivity index (χ2n) is 10.3. The second-order valence-corrected chi connectivity index (χ2v) is 13.9. The number of nitrogens with zero attached hydrogens (tertiary/aromatic N) is 7. The van der Waals surface area contributed by atoms with Gasteiger partial charge in [0.25, 0.3) is 5.56 Å². The van der Waals surface area contributed by atoms with Crippen molar-refractivity contribution in [1.82, 2.24) is 39.0 Å². The second kappa shape index (κ2) is 10.8. The molecule has 8 N–H and O–H groups in total. The van der Waals surface area contributed by atoms with Crippen molar-refractivity contribution in [3.05, 3.63) is 29.3 Å². The molecule has 2 saturated heterocycles. The maximum absolute atomic E-state index is 15.7. The third-order valence-electron chi connectivity index (χ3n) is 7.65. The quantitative estimate of drug-likeness (QED) is 0.122. The first-order valence-electron chi connectivity index (χ1n) is 12.8. The summed E-state index contributed by atoms with van der Waals surface area (Å²) in [6, 6.07) is 0. The van der Waals surface area contributed by atoms with E-state index in [1.54, 1.807) is 0 Å².